The first-order valence-electron chi connectivity index (χ1n) is 10.1. The number of esters is 1. The molecule has 0 unspecified atom stereocenters. The average molecular weight is 488 g/mol. The Hall–Kier alpha value is -4.75. The zero-order valence-electron chi connectivity index (χ0n) is 18.6. The van der Waals surface area contributed by atoms with Gasteiger partial charge in [0.05, 0.1) is 41.7 Å². The molecule has 2 amide bonds. The van der Waals surface area contributed by atoms with Crippen LogP contribution in [-0.2, 0) is 19.1 Å². The highest BCUT2D eigenvalue weighted by atomic mass is 16.6. The normalized spacial score (nSPS) is 14.9. The van der Waals surface area contributed by atoms with Gasteiger partial charge in [-0.3, -0.25) is 34.6 Å². The first kappa shape index (κ1) is 24.9. The van der Waals surface area contributed by atoms with E-state index in [0.717, 1.165) is 12.1 Å². The lowest BCUT2D eigenvalue weighted by molar-refractivity contribution is -0.384. The largest absolute Gasteiger partial charge is 0.497 e. The second-order valence-electron chi connectivity index (χ2n) is 7.31. The maximum Gasteiger partial charge on any atom is 0.311 e. The molecule has 2 aromatic carbocycles. The number of carbonyl (C=O) groups excluding carboxylic acids is 3. The third kappa shape index (κ3) is 5.61. The maximum atomic E-state index is 12.5. The van der Waals surface area contributed by atoms with Crippen LogP contribution in [0.4, 0.5) is 22.7 Å². The summed E-state index contributed by atoms with van der Waals surface area (Å²) in [7, 11) is 2.65. The number of nitro benzene ring substituents is 2. The van der Waals surface area contributed by atoms with Crippen molar-refractivity contribution in [3.63, 3.8) is 0 Å². The molecule has 35 heavy (non-hydrogen) atoms. The molecule has 14 heteroatoms. The number of nitrogens with zero attached hydrogens (tertiary/aromatic N) is 3. The summed E-state index contributed by atoms with van der Waals surface area (Å²) in [5.41, 5.74) is -0.487. The van der Waals surface area contributed by atoms with Crippen molar-refractivity contribution in [2.45, 2.75) is 6.42 Å². The Kier molecular flexibility index (Phi) is 7.43. The molecule has 2 aromatic rings. The van der Waals surface area contributed by atoms with Crippen molar-refractivity contribution in [2.75, 3.05) is 37.6 Å². The van der Waals surface area contributed by atoms with E-state index >= 15 is 0 Å². The second kappa shape index (κ2) is 10.5. The molecule has 14 nitrogen and oxygen atoms in total. The molecule has 0 saturated carbocycles. The smallest absolute Gasteiger partial charge is 0.311 e. The van der Waals surface area contributed by atoms with Crippen molar-refractivity contribution < 1.29 is 38.4 Å². The summed E-state index contributed by atoms with van der Waals surface area (Å²) in [6.07, 6.45) is -0.206. The summed E-state index contributed by atoms with van der Waals surface area (Å²) in [5.74, 6) is -2.63. The number of rotatable bonds is 9. The van der Waals surface area contributed by atoms with E-state index in [9.17, 15) is 34.6 Å². The van der Waals surface area contributed by atoms with E-state index in [1.807, 2.05) is 0 Å². The van der Waals surface area contributed by atoms with Crippen LogP contribution in [0.15, 0.2) is 36.4 Å². The van der Waals surface area contributed by atoms with Gasteiger partial charge < -0.3 is 24.4 Å². The van der Waals surface area contributed by atoms with Crippen LogP contribution in [0.3, 0.4) is 0 Å². The van der Waals surface area contributed by atoms with Crippen LogP contribution in [-0.4, -0.2) is 55.0 Å². The van der Waals surface area contributed by atoms with Gasteiger partial charge in [0.25, 0.3) is 17.3 Å². The number of carbonyl (C=O) groups is 3. The summed E-state index contributed by atoms with van der Waals surface area (Å²) in [6.45, 7) is -0.826. The Morgan fingerprint density at radius 2 is 1.83 bits per heavy atom. The lowest BCUT2D eigenvalue weighted by Crippen LogP contribution is -2.28. The van der Waals surface area contributed by atoms with Crippen LogP contribution in [0.1, 0.15) is 6.42 Å². The Labute approximate surface area is 197 Å². The highest BCUT2D eigenvalue weighted by Gasteiger charge is 2.38. The second-order valence-corrected chi connectivity index (χ2v) is 7.31. The van der Waals surface area contributed by atoms with Gasteiger partial charge in [-0.1, -0.05) is 0 Å². The number of hydrogen-bond acceptors (Lipinski definition) is 10. The molecule has 1 heterocycles. The van der Waals surface area contributed by atoms with Crippen LogP contribution in [0.25, 0.3) is 0 Å². The SMILES string of the molecule is COc1ccc([N+](=O)[O-])c(NC(=O)COC(=O)[C@H]2CC(=O)N(c3ccc([N+](=O)[O-])cc3OC)C2)c1. The van der Waals surface area contributed by atoms with E-state index in [1.165, 1.54) is 43.4 Å². The number of non-ortho nitro benzene ring substituents is 1. The van der Waals surface area contributed by atoms with Gasteiger partial charge in [-0.2, -0.15) is 0 Å². The zero-order chi connectivity index (χ0) is 25.7. The number of amides is 2. The third-order valence-electron chi connectivity index (χ3n) is 5.14. The Bertz CT molecular complexity index is 1200. The van der Waals surface area contributed by atoms with Gasteiger partial charge in [-0.15, -0.1) is 0 Å². The molecule has 184 valence electrons. The highest BCUT2D eigenvalue weighted by molar-refractivity contribution is 6.01. The molecule has 0 aliphatic carbocycles. The quantitative estimate of drug-likeness (QED) is 0.312. The number of ether oxygens (including phenoxy) is 3. The van der Waals surface area contributed by atoms with Crippen molar-refractivity contribution in [3.05, 3.63) is 56.6 Å². The standard InChI is InChI=1S/C21H20N4O10/c1-33-14-4-6-16(25(31)32)15(9-14)22-19(26)11-35-21(28)12-7-20(27)23(10-12)17-5-3-13(24(29)30)8-18(17)34-2/h3-6,8-9,12H,7,10-11H2,1-2H3,(H,22,26)/t12-/m0/s1. The average Bonchev–Trinajstić information content (AvgIpc) is 3.23. The van der Waals surface area contributed by atoms with E-state index in [2.05, 4.69) is 5.32 Å². The Morgan fingerprint density at radius 3 is 2.46 bits per heavy atom. The lowest BCUT2D eigenvalue weighted by atomic mass is 10.1. The third-order valence-corrected chi connectivity index (χ3v) is 5.14. The Morgan fingerprint density at radius 1 is 1.09 bits per heavy atom. The molecule has 1 saturated heterocycles. The molecule has 1 aliphatic heterocycles. The van der Waals surface area contributed by atoms with Gasteiger partial charge in [-0.25, -0.2) is 0 Å². The van der Waals surface area contributed by atoms with Crippen molar-refractivity contribution in [2.24, 2.45) is 5.92 Å². The first-order valence-corrected chi connectivity index (χ1v) is 10.1. The molecule has 1 N–H and O–H groups in total. The van der Waals surface area contributed by atoms with Crippen LogP contribution in [0.5, 0.6) is 11.5 Å². The van der Waals surface area contributed by atoms with E-state index < -0.39 is 40.2 Å². The summed E-state index contributed by atoms with van der Waals surface area (Å²) in [6, 6.07) is 7.48. The van der Waals surface area contributed by atoms with Crippen molar-refractivity contribution in [1.82, 2.24) is 0 Å². The minimum Gasteiger partial charge on any atom is -0.497 e. The molecular formula is C21H20N4O10. The molecule has 0 radical (unpaired) electrons. The monoisotopic (exact) mass is 488 g/mol. The molecule has 0 bridgehead atoms. The molecular weight excluding hydrogens is 468 g/mol. The molecule has 0 spiro atoms. The molecule has 0 aromatic heterocycles. The number of nitrogens with one attached hydrogen (secondary N) is 1. The van der Waals surface area contributed by atoms with Gasteiger partial charge in [-0.05, 0) is 12.1 Å². The van der Waals surface area contributed by atoms with Crippen LogP contribution in [0, 0.1) is 26.1 Å². The number of benzene rings is 2. The van der Waals surface area contributed by atoms with Gasteiger partial charge in [0, 0.05) is 31.2 Å². The molecule has 3 rings (SSSR count). The predicted molar refractivity (Wildman–Crippen MR) is 119 cm³/mol. The molecule has 1 atom stereocenters. The minimum absolute atomic E-state index is 0.0841. The summed E-state index contributed by atoms with van der Waals surface area (Å²) < 4.78 is 15.1. The first-order chi connectivity index (χ1) is 16.6. The van der Waals surface area contributed by atoms with E-state index in [1.54, 1.807) is 0 Å². The van der Waals surface area contributed by atoms with Gasteiger partial charge in [0.1, 0.15) is 17.2 Å². The van der Waals surface area contributed by atoms with Crippen molar-refractivity contribution >= 4 is 40.5 Å². The summed E-state index contributed by atoms with van der Waals surface area (Å²) >= 11 is 0. The van der Waals surface area contributed by atoms with Gasteiger partial charge >= 0.3 is 5.97 Å². The number of methoxy groups -OCH3 is 2. The van der Waals surface area contributed by atoms with E-state index in [4.69, 9.17) is 14.2 Å². The summed E-state index contributed by atoms with van der Waals surface area (Å²) in [5, 5.41) is 24.4. The summed E-state index contributed by atoms with van der Waals surface area (Å²) in [4.78, 5) is 59.3. The fourth-order valence-electron chi connectivity index (χ4n) is 3.44. The zero-order valence-corrected chi connectivity index (χ0v) is 18.6. The van der Waals surface area contributed by atoms with Crippen LogP contribution < -0.4 is 19.7 Å². The minimum atomic E-state index is -0.902. The fourth-order valence-corrected chi connectivity index (χ4v) is 3.44. The van der Waals surface area contributed by atoms with Gasteiger partial charge in [0.2, 0.25) is 5.91 Å². The van der Waals surface area contributed by atoms with Gasteiger partial charge in [0.15, 0.2) is 6.61 Å². The number of anilines is 2. The predicted octanol–water partition coefficient (Wildman–Crippen LogP) is 2.05. The number of nitro groups is 2. The lowest BCUT2D eigenvalue weighted by Gasteiger charge is -2.19. The van der Waals surface area contributed by atoms with Crippen molar-refractivity contribution in [3.8, 4) is 11.5 Å². The Balaban J connectivity index is 1.63. The van der Waals surface area contributed by atoms with Crippen LogP contribution in [0.2, 0.25) is 0 Å². The number of hydrogen-bond donors (Lipinski definition) is 1. The topological polar surface area (TPSA) is 180 Å². The fraction of sp³-hybridized carbons (Fsp3) is 0.286. The maximum absolute atomic E-state index is 12.5. The van der Waals surface area contributed by atoms with Crippen molar-refractivity contribution in [1.29, 1.82) is 0 Å². The van der Waals surface area contributed by atoms with Crippen LogP contribution >= 0.6 is 0 Å². The van der Waals surface area contributed by atoms with E-state index in [0.29, 0.717) is 0 Å². The highest BCUT2D eigenvalue weighted by Crippen LogP contribution is 2.36. The molecule has 1 aliphatic rings. The van der Waals surface area contributed by atoms with E-state index in [-0.39, 0.29) is 47.2 Å². The molecule has 1 fully saturated rings.